The molecule has 0 aromatic heterocycles. The van der Waals surface area contributed by atoms with Crippen LogP contribution in [0.4, 0.5) is 4.39 Å². The number of halogens is 1. The first-order valence-corrected chi connectivity index (χ1v) is 5.14. The minimum Gasteiger partial charge on any atom is -0.476 e. The van der Waals surface area contributed by atoms with Crippen LogP contribution in [0.3, 0.4) is 0 Å². The summed E-state index contributed by atoms with van der Waals surface area (Å²) in [4.78, 5) is 0. The van der Waals surface area contributed by atoms with Gasteiger partial charge in [0, 0.05) is 5.56 Å². The Labute approximate surface area is 89.8 Å². The monoisotopic (exact) mass is 209 g/mol. The Balaban J connectivity index is 0.000000531. The molecule has 0 radical (unpaired) electrons. The van der Waals surface area contributed by atoms with Gasteiger partial charge in [-0.3, -0.25) is 0 Å². The van der Waals surface area contributed by atoms with Crippen molar-refractivity contribution in [3.8, 4) is 0 Å². The summed E-state index contributed by atoms with van der Waals surface area (Å²) in [5.74, 6) is -0.226. The molecule has 0 aliphatic carbocycles. The Morgan fingerprint density at radius 3 is 2.27 bits per heavy atom. The zero-order valence-electron chi connectivity index (χ0n) is 9.25. The Hall–Kier alpha value is -1.51. The zero-order chi connectivity index (χ0) is 11.3. The zero-order valence-corrected chi connectivity index (χ0v) is 9.25. The van der Waals surface area contributed by atoms with Crippen LogP contribution in [-0.4, -0.2) is 6.23 Å². The second-order valence-corrected chi connectivity index (χ2v) is 2.96. The number of rotatable bonds is 1. The SMILES string of the molecule is CC.CC1NC(c2ccc(F)cc2)=CO1. The summed E-state index contributed by atoms with van der Waals surface area (Å²) in [5.41, 5.74) is 1.83. The minimum atomic E-state index is -0.226. The number of ether oxygens (including phenoxy) is 1. The molecule has 0 saturated carbocycles. The molecule has 1 aliphatic heterocycles. The second kappa shape index (κ2) is 5.39. The Kier molecular flexibility index (Phi) is 4.16. The highest BCUT2D eigenvalue weighted by molar-refractivity contribution is 5.64. The van der Waals surface area contributed by atoms with E-state index in [1.807, 2.05) is 20.8 Å². The van der Waals surface area contributed by atoms with E-state index in [1.165, 1.54) is 12.1 Å². The lowest BCUT2D eigenvalue weighted by Crippen LogP contribution is -2.18. The van der Waals surface area contributed by atoms with Crippen LogP contribution in [-0.2, 0) is 4.74 Å². The van der Waals surface area contributed by atoms with Crippen molar-refractivity contribution in [3.63, 3.8) is 0 Å². The molecule has 15 heavy (non-hydrogen) atoms. The second-order valence-electron chi connectivity index (χ2n) is 2.96. The lowest BCUT2D eigenvalue weighted by molar-refractivity contribution is 0.171. The van der Waals surface area contributed by atoms with Crippen LogP contribution in [0.2, 0.25) is 0 Å². The maximum Gasteiger partial charge on any atom is 0.166 e. The van der Waals surface area contributed by atoms with E-state index in [-0.39, 0.29) is 12.0 Å². The quantitative estimate of drug-likeness (QED) is 0.767. The summed E-state index contributed by atoms with van der Waals surface area (Å²) in [6.07, 6.45) is 1.65. The van der Waals surface area contributed by atoms with E-state index < -0.39 is 0 Å². The van der Waals surface area contributed by atoms with Gasteiger partial charge in [-0.05, 0) is 31.2 Å². The van der Waals surface area contributed by atoms with Gasteiger partial charge in [0.05, 0.1) is 5.70 Å². The molecule has 2 nitrogen and oxygen atoms in total. The van der Waals surface area contributed by atoms with Crippen molar-refractivity contribution in [2.45, 2.75) is 27.0 Å². The van der Waals surface area contributed by atoms with Crippen molar-refractivity contribution in [1.82, 2.24) is 5.32 Å². The van der Waals surface area contributed by atoms with Crippen LogP contribution < -0.4 is 5.32 Å². The van der Waals surface area contributed by atoms with Crippen molar-refractivity contribution in [2.75, 3.05) is 0 Å². The smallest absolute Gasteiger partial charge is 0.166 e. The molecule has 1 heterocycles. The summed E-state index contributed by atoms with van der Waals surface area (Å²) in [7, 11) is 0. The summed E-state index contributed by atoms with van der Waals surface area (Å²) >= 11 is 0. The molecule has 1 aliphatic rings. The third kappa shape index (κ3) is 2.98. The van der Waals surface area contributed by atoms with Crippen LogP contribution in [0.15, 0.2) is 30.5 Å². The van der Waals surface area contributed by atoms with Gasteiger partial charge in [-0.2, -0.15) is 0 Å². The normalized spacial score (nSPS) is 18.1. The molecular weight excluding hydrogens is 193 g/mol. The number of nitrogens with one attached hydrogen (secondary N) is 1. The lowest BCUT2D eigenvalue weighted by atomic mass is 10.2. The summed E-state index contributed by atoms with van der Waals surface area (Å²) in [6.45, 7) is 5.91. The van der Waals surface area contributed by atoms with Gasteiger partial charge in [0.15, 0.2) is 6.23 Å². The average Bonchev–Trinajstić information content (AvgIpc) is 2.69. The van der Waals surface area contributed by atoms with Gasteiger partial charge >= 0.3 is 0 Å². The van der Waals surface area contributed by atoms with Crippen LogP contribution in [0, 0.1) is 5.82 Å². The molecule has 1 N–H and O–H groups in total. The summed E-state index contributed by atoms with van der Waals surface area (Å²) < 4.78 is 17.8. The van der Waals surface area contributed by atoms with Gasteiger partial charge in [-0.1, -0.05) is 13.8 Å². The first-order chi connectivity index (χ1) is 7.25. The molecule has 1 unspecified atom stereocenters. The molecular formula is C12H16FNO. The van der Waals surface area contributed by atoms with Gasteiger partial charge in [0.1, 0.15) is 12.1 Å². The average molecular weight is 209 g/mol. The fraction of sp³-hybridized carbons (Fsp3) is 0.333. The van der Waals surface area contributed by atoms with Crippen LogP contribution in [0.5, 0.6) is 0 Å². The van der Waals surface area contributed by atoms with Crippen molar-refractivity contribution in [2.24, 2.45) is 0 Å². The molecule has 3 heteroatoms. The third-order valence-corrected chi connectivity index (χ3v) is 1.90. The van der Waals surface area contributed by atoms with Gasteiger partial charge in [-0.15, -0.1) is 0 Å². The van der Waals surface area contributed by atoms with Crippen molar-refractivity contribution < 1.29 is 9.13 Å². The van der Waals surface area contributed by atoms with Crippen molar-refractivity contribution in [1.29, 1.82) is 0 Å². The van der Waals surface area contributed by atoms with E-state index in [9.17, 15) is 4.39 Å². The van der Waals surface area contributed by atoms with Crippen molar-refractivity contribution in [3.05, 3.63) is 41.9 Å². The molecule has 1 aromatic carbocycles. The molecule has 0 bridgehead atoms. The largest absolute Gasteiger partial charge is 0.476 e. The molecule has 0 spiro atoms. The number of benzene rings is 1. The fourth-order valence-corrected chi connectivity index (χ4v) is 1.24. The summed E-state index contributed by atoms with van der Waals surface area (Å²) in [5, 5.41) is 3.11. The molecule has 0 fully saturated rings. The number of hydrogen-bond donors (Lipinski definition) is 1. The molecule has 0 amide bonds. The van der Waals surface area contributed by atoms with Gasteiger partial charge < -0.3 is 10.1 Å². The van der Waals surface area contributed by atoms with Crippen LogP contribution >= 0.6 is 0 Å². The standard InChI is InChI=1S/C10H10FNO.C2H6/c1-7-12-10(6-13-7)8-2-4-9(11)5-3-8;1-2/h2-7,12H,1H3;1-2H3. The topological polar surface area (TPSA) is 21.3 Å². The van der Waals surface area contributed by atoms with Crippen molar-refractivity contribution >= 4 is 5.70 Å². The Morgan fingerprint density at radius 1 is 1.20 bits per heavy atom. The molecule has 1 aromatic rings. The minimum absolute atomic E-state index is 0.0000491. The van der Waals surface area contributed by atoms with Gasteiger partial charge in [0.2, 0.25) is 0 Å². The predicted octanol–water partition coefficient (Wildman–Crippen LogP) is 3.12. The Bertz CT molecular complexity index is 332. The molecule has 1 atom stereocenters. The van der Waals surface area contributed by atoms with E-state index in [0.717, 1.165) is 11.3 Å². The maximum atomic E-state index is 12.6. The molecule has 82 valence electrons. The van der Waals surface area contributed by atoms with Crippen LogP contribution in [0.25, 0.3) is 5.70 Å². The fourth-order valence-electron chi connectivity index (χ4n) is 1.24. The molecule has 0 saturated heterocycles. The maximum absolute atomic E-state index is 12.6. The number of hydrogen-bond acceptors (Lipinski definition) is 2. The predicted molar refractivity (Wildman–Crippen MR) is 59.4 cm³/mol. The third-order valence-electron chi connectivity index (χ3n) is 1.90. The Morgan fingerprint density at radius 2 is 1.80 bits per heavy atom. The highest BCUT2D eigenvalue weighted by Crippen LogP contribution is 2.17. The van der Waals surface area contributed by atoms with E-state index >= 15 is 0 Å². The van der Waals surface area contributed by atoms with E-state index in [4.69, 9.17) is 4.74 Å². The highest BCUT2D eigenvalue weighted by atomic mass is 19.1. The van der Waals surface area contributed by atoms with E-state index in [2.05, 4.69) is 5.32 Å². The van der Waals surface area contributed by atoms with Crippen LogP contribution in [0.1, 0.15) is 26.3 Å². The van der Waals surface area contributed by atoms with Gasteiger partial charge in [0.25, 0.3) is 0 Å². The first-order valence-electron chi connectivity index (χ1n) is 5.14. The molecule has 2 rings (SSSR count). The van der Waals surface area contributed by atoms with Gasteiger partial charge in [-0.25, -0.2) is 4.39 Å². The van der Waals surface area contributed by atoms with E-state index in [0.29, 0.717) is 0 Å². The first kappa shape index (κ1) is 11.6. The summed E-state index contributed by atoms with van der Waals surface area (Å²) in [6, 6.07) is 6.30. The lowest BCUT2D eigenvalue weighted by Gasteiger charge is -2.05. The van der Waals surface area contributed by atoms with E-state index in [1.54, 1.807) is 18.4 Å². The highest BCUT2D eigenvalue weighted by Gasteiger charge is 2.12.